The zero-order chi connectivity index (χ0) is 17.4. The third-order valence-corrected chi connectivity index (χ3v) is 4.64. The molecule has 0 radical (unpaired) electrons. The molecule has 0 unspecified atom stereocenters. The Morgan fingerprint density at radius 1 is 1.17 bits per heavy atom. The molecule has 1 aromatic carbocycles. The average molecular weight is 390 g/mol. The average Bonchev–Trinajstić information content (AvgIpc) is 2.98. The van der Waals surface area contributed by atoms with Gasteiger partial charge in [0.15, 0.2) is 0 Å². The van der Waals surface area contributed by atoms with E-state index < -0.39 is 0 Å². The third-order valence-electron chi connectivity index (χ3n) is 3.02. The number of hydrogen-bond donors (Lipinski definition) is 2. The van der Waals surface area contributed by atoms with Crippen LogP contribution in [0.1, 0.15) is 5.56 Å². The minimum Gasteiger partial charge on any atom is -0.463 e. The molecule has 1 aromatic heterocycles. The number of carbonyl (C=O) groups is 1. The van der Waals surface area contributed by atoms with Crippen LogP contribution in [0.2, 0.25) is 10.0 Å². The number of aliphatic hydroxyl groups excluding tert-OH is 1. The smallest absolute Gasteiger partial charge is 0.310 e. The fourth-order valence-corrected chi connectivity index (χ4v) is 3.04. The molecule has 2 aromatic rings. The summed E-state index contributed by atoms with van der Waals surface area (Å²) in [6.07, 6.45) is 0.143. The van der Waals surface area contributed by atoms with Crippen molar-refractivity contribution in [2.24, 2.45) is 0 Å². The first kappa shape index (κ1) is 19.0. The maximum absolute atomic E-state index is 11.9. The Labute approximate surface area is 154 Å². The van der Waals surface area contributed by atoms with Crippen molar-refractivity contribution in [1.82, 2.24) is 0 Å². The lowest BCUT2D eigenvalue weighted by Crippen LogP contribution is -2.14. The second kappa shape index (κ2) is 9.86. The summed E-state index contributed by atoms with van der Waals surface area (Å²) in [5, 5.41) is 16.4. The van der Waals surface area contributed by atoms with Gasteiger partial charge in [0.25, 0.3) is 0 Å². The standard InChI is InChI=1S/C16H17Cl2NO4S/c17-12-2-1-3-13(16(12)18)19-14-10-24-9-11(14)8-15(21)23-7-6-22-5-4-20/h1-3,9-10,19-20H,4-8H2. The number of carbonyl (C=O) groups excluding carboxylic acids is 1. The largest absolute Gasteiger partial charge is 0.463 e. The van der Waals surface area contributed by atoms with Crippen LogP contribution in [-0.4, -0.2) is 37.5 Å². The number of aliphatic hydroxyl groups is 1. The highest BCUT2D eigenvalue weighted by Gasteiger charge is 2.12. The molecule has 0 aliphatic heterocycles. The van der Waals surface area contributed by atoms with Crippen molar-refractivity contribution in [3.63, 3.8) is 0 Å². The third kappa shape index (κ3) is 5.65. The summed E-state index contributed by atoms with van der Waals surface area (Å²) in [6.45, 7) is 0.603. The van der Waals surface area contributed by atoms with E-state index in [1.54, 1.807) is 12.1 Å². The first-order chi connectivity index (χ1) is 11.6. The molecule has 2 N–H and O–H groups in total. The second-order valence-electron chi connectivity index (χ2n) is 4.77. The van der Waals surface area contributed by atoms with Crippen molar-refractivity contribution in [1.29, 1.82) is 0 Å². The minimum atomic E-state index is -0.346. The number of ether oxygens (including phenoxy) is 2. The van der Waals surface area contributed by atoms with Gasteiger partial charge in [-0.05, 0) is 23.1 Å². The fourth-order valence-electron chi connectivity index (χ4n) is 1.90. The van der Waals surface area contributed by atoms with Gasteiger partial charge in [0, 0.05) is 5.38 Å². The van der Waals surface area contributed by atoms with E-state index in [9.17, 15) is 4.79 Å². The molecule has 24 heavy (non-hydrogen) atoms. The number of halogens is 2. The molecule has 5 nitrogen and oxygen atoms in total. The van der Waals surface area contributed by atoms with E-state index in [0.717, 1.165) is 11.3 Å². The predicted octanol–water partition coefficient (Wildman–Crippen LogP) is 3.89. The van der Waals surface area contributed by atoms with Crippen LogP contribution in [0, 0.1) is 0 Å². The van der Waals surface area contributed by atoms with E-state index in [-0.39, 0.29) is 38.8 Å². The molecule has 0 spiro atoms. The Morgan fingerprint density at radius 3 is 2.79 bits per heavy atom. The van der Waals surface area contributed by atoms with Gasteiger partial charge in [-0.15, -0.1) is 11.3 Å². The van der Waals surface area contributed by atoms with Crippen molar-refractivity contribution in [3.05, 3.63) is 44.6 Å². The fraction of sp³-hybridized carbons (Fsp3) is 0.312. The molecule has 1 heterocycles. The van der Waals surface area contributed by atoms with Crippen LogP contribution in [0.3, 0.4) is 0 Å². The van der Waals surface area contributed by atoms with Gasteiger partial charge in [-0.25, -0.2) is 0 Å². The van der Waals surface area contributed by atoms with Crippen molar-refractivity contribution >= 4 is 51.9 Å². The number of benzene rings is 1. The summed E-state index contributed by atoms with van der Waals surface area (Å²) >= 11 is 13.6. The van der Waals surface area contributed by atoms with E-state index in [1.807, 2.05) is 16.8 Å². The quantitative estimate of drug-likeness (QED) is 0.502. The van der Waals surface area contributed by atoms with Crippen LogP contribution in [0.15, 0.2) is 29.0 Å². The highest BCUT2D eigenvalue weighted by atomic mass is 35.5. The monoisotopic (exact) mass is 389 g/mol. The zero-order valence-electron chi connectivity index (χ0n) is 12.8. The SMILES string of the molecule is O=C(Cc1cscc1Nc1cccc(Cl)c1Cl)OCCOCCO. The number of rotatable bonds is 9. The Hall–Kier alpha value is -1.31. The van der Waals surface area contributed by atoms with Crippen molar-refractivity contribution in [2.45, 2.75) is 6.42 Å². The molecular weight excluding hydrogens is 373 g/mol. The molecule has 0 saturated carbocycles. The molecule has 130 valence electrons. The number of thiophene rings is 1. The van der Waals surface area contributed by atoms with Gasteiger partial charge in [-0.1, -0.05) is 29.3 Å². The van der Waals surface area contributed by atoms with Crippen molar-refractivity contribution in [3.8, 4) is 0 Å². The Kier molecular flexibility index (Phi) is 7.81. The van der Waals surface area contributed by atoms with Crippen molar-refractivity contribution < 1.29 is 19.4 Å². The molecule has 0 aliphatic rings. The molecule has 0 fully saturated rings. The lowest BCUT2D eigenvalue weighted by Gasteiger charge is -2.10. The first-order valence-electron chi connectivity index (χ1n) is 7.22. The Bertz CT molecular complexity index is 678. The maximum atomic E-state index is 11.9. The number of anilines is 2. The highest BCUT2D eigenvalue weighted by Crippen LogP contribution is 2.33. The Balaban J connectivity index is 1.90. The van der Waals surface area contributed by atoms with Gasteiger partial charge < -0.3 is 19.9 Å². The van der Waals surface area contributed by atoms with E-state index in [4.69, 9.17) is 37.8 Å². The lowest BCUT2D eigenvalue weighted by atomic mass is 10.2. The van der Waals surface area contributed by atoms with Crippen LogP contribution in [0.25, 0.3) is 0 Å². The van der Waals surface area contributed by atoms with Gasteiger partial charge in [-0.3, -0.25) is 4.79 Å². The molecule has 0 atom stereocenters. The minimum absolute atomic E-state index is 0.0516. The summed E-state index contributed by atoms with van der Waals surface area (Å²) in [7, 11) is 0. The molecule has 0 saturated heterocycles. The molecule has 0 bridgehead atoms. The number of esters is 1. The van der Waals surface area contributed by atoms with Crippen LogP contribution in [0.5, 0.6) is 0 Å². The van der Waals surface area contributed by atoms with Gasteiger partial charge in [-0.2, -0.15) is 0 Å². The highest BCUT2D eigenvalue weighted by molar-refractivity contribution is 7.08. The normalized spacial score (nSPS) is 10.6. The van der Waals surface area contributed by atoms with E-state index in [1.165, 1.54) is 11.3 Å². The summed E-state index contributed by atoms with van der Waals surface area (Å²) in [5.74, 6) is -0.346. The van der Waals surface area contributed by atoms with Crippen LogP contribution < -0.4 is 5.32 Å². The summed E-state index contributed by atoms with van der Waals surface area (Å²) < 4.78 is 10.1. The molecule has 8 heteroatoms. The number of nitrogens with one attached hydrogen (secondary N) is 1. The van der Waals surface area contributed by atoms with E-state index >= 15 is 0 Å². The first-order valence-corrected chi connectivity index (χ1v) is 8.92. The van der Waals surface area contributed by atoms with Crippen LogP contribution >= 0.6 is 34.5 Å². The van der Waals surface area contributed by atoms with Gasteiger partial charge >= 0.3 is 5.97 Å². The molecule has 2 rings (SSSR count). The van der Waals surface area contributed by atoms with Crippen molar-refractivity contribution in [2.75, 3.05) is 31.7 Å². The maximum Gasteiger partial charge on any atom is 0.310 e. The summed E-state index contributed by atoms with van der Waals surface area (Å²) in [4.78, 5) is 11.9. The van der Waals surface area contributed by atoms with Gasteiger partial charge in [0.1, 0.15) is 6.61 Å². The van der Waals surface area contributed by atoms with E-state index in [0.29, 0.717) is 15.7 Å². The number of hydrogen-bond acceptors (Lipinski definition) is 6. The topological polar surface area (TPSA) is 67.8 Å². The second-order valence-corrected chi connectivity index (χ2v) is 6.30. The van der Waals surface area contributed by atoms with Crippen LogP contribution in [-0.2, 0) is 20.7 Å². The zero-order valence-corrected chi connectivity index (χ0v) is 15.1. The Morgan fingerprint density at radius 2 is 2.00 bits per heavy atom. The van der Waals surface area contributed by atoms with Gasteiger partial charge in [0.05, 0.1) is 47.7 Å². The predicted molar refractivity (Wildman–Crippen MR) is 96.6 cm³/mol. The van der Waals surface area contributed by atoms with Gasteiger partial charge in [0.2, 0.25) is 0 Å². The summed E-state index contributed by atoms with van der Waals surface area (Å²) in [6, 6.07) is 5.32. The lowest BCUT2D eigenvalue weighted by molar-refractivity contribution is -0.144. The summed E-state index contributed by atoms with van der Waals surface area (Å²) in [5.41, 5.74) is 2.28. The molecular formula is C16H17Cl2NO4S. The van der Waals surface area contributed by atoms with Crippen LogP contribution in [0.4, 0.5) is 11.4 Å². The van der Waals surface area contributed by atoms with E-state index in [2.05, 4.69) is 5.32 Å². The molecule has 0 aliphatic carbocycles. The molecule has 0 amide bonds.